The number of hydrogen-bond donors (Lipinski definition) is 2. The molecule has 2 aliphatic rings. The van der Waals surface area contributed by atoms with Crippen LogP contribution in [0.1, 0.15) is 30.4 Å². The van der Waals surface area contributed by atoms with Gasteiger partial charge in [0.2, 0.25) is 0 Å². The number of nitrogens with one attached hydrogen (secondary N) is 1. The van der Waals surface area contributed by atoms with Gasteiger partial charge < -0.3 is 11.1 Å². The Bertz CT molecular complexity index is 609. The molecule has 1 saturated heterocycles. The number of alkyl halides is 3. The lowest BCUT2D eigenvalue weighted by atomic mass is 9.96. The molecule has 1 aromatic rings. The highest BCUT2D eigenvalue weighted by Crippen LogP contribution is 2.60. The van der Waals surface area contributed by atoms with Gasteiger partial charge in [0.25, 0.3) is 0 Å². The molecule has 0 amide bonds. The third-order valence-electron chi connectivity index (χ3n) is 5.06. The second kappa shape index (κ2) is 6.86. The van der Waals surface area contributed by atoms with E-state index in [1.165, 1.54) is 36.8 Å². The Morgan fingerprint density at radius 1 is 1.33 bits per heavy atom. The summed E-state index contributed by atoms with van der Waals surface area (Å²) in [6, 6.07) is 5.20. The van der Waals surface area contributed by atoms with Gasteiger partial charge in [-0.15, -0.1) is 0 Å². The Morgan fingerprint density at radius 3 is 2.79 bits per heavy atom. The van der Waals surface area contributed by atoms with Gasteiger partial charge in [0.1, 0.15) is 0 Å². The fraction of sp³-hybridized carbons (Fsp3) is 0.588. The number of guanidine groups is 1. The summed E-state index contributed by atoms with van der Waals surface area (Å²) in [4.78, 5) is 4.16. The van der Waals surface area contributed by atoms with Crippen molar-refractivity contribution in [3.8, 4) is 0 Å². The van der Waals surface area contributed by atoms with Crippen LogP contribution in [-0.2, 0) is 12.7 Å². The van der Waals surface area contributed by atoms with Crippen molar-refractivity contribution in [2.45, 2.75) is 32.0 Å². The minimum Gasteiger partial charge on any atom is -0.370 e. The first-order valence-electron chi connectivity index (χ1n) is 8.17. The Morgan fingerprint density at radius 2 is 2.08 bits per heavy atom. The highest BCUT2D eigenvalue weighted by Gasteiger charge is 2.53. The molecule has 3 N–H and O–H groups in total. The molecule has 1 saturated carbocycles. The Balaban J connectivity index is 1.48. The van der Waals surface area contributed by atoms with E-state index in [9.17, 15) is 13.2 Å². The lowest BCUT2D eigenvalue weighted by Crippen LogP contribution is -2.34. The average Bonchev–Trinajstić information content (AvgIpc) is 3.22. The molecule has 1 atom stereocenters. The highest BCUT2D eigenvalue weighted by molar-refractivity contribution is 7.99. The van der Waals surface area contributed by atoms with Crippen LogP contribution in [0, 0.1) is 11.3 Å². The third-order valence-corrected chi connectivity index (χ3v) is 6.05. The largest absolute Gasteiger partial charge is 0.416 e. The maximum atomic E-state index is 12.7. The summed E-state index contributed by atoms with van der Waals surface area (Å²) >= 11 is 2.02. The van der Waals surface area contributed by atoms with E-state index in [-0.39, 0.29) is 6.54 Å². The SMILES string of the molecule is NC(=NCc1cccc(C(F)(F)F)c1)NCC1CC12CCSCC2. The molecule has 1 spiro atoms. The van der Waals surface area contributed by atoms with Crippen LogP contribution in [-0.4, -0.2) is 24.0 Å². The van der Waals surface area contributed by atoms with Crippen molar-refractivity contribution >= 4 is 17.7 Å². The molecule has 1 unspecified atom stereocenters. The molecule has 7 heteroatoms. The molecule has 3 nitrogen and oxygen atoms in total. The molecule has 24 heavy (non-hydrogen) atoms. The molecule has 0 aromatic heterocycles. The van der Waals surface area contributed by atoms with Crippen molar-refractivity contribution in [2.75, 3.05) is 18.1 Å². The number of nitrogens with two attached hydrogens (primary N) is 1. The standard InChI is InChI=1S/C17H22F3N3S/c18-17(19,20)13-3-1-2-12(8-13)10-22-15(21)23-11-14-9-16(14)4-6-24-7-5-16/h1-3,8,14H,4-7,9-11H2,(H3,21,22,23). The summed E-state index contributed by atoms with van der Waals surface area (Å²) in [5.41, 5.74) is 6.21. The summed E-state index contributed by atoms with van der Waals surface area (Å²) in [5.74, 6) is 3.45. The number of halogens is 3. The van der Waals surface area contributed by atoms with Gasteiger partial charge in [-0.25, -0.2) is 4.99 Å². The second-order valence-electron chi connectivity index (χ2n) is 6.66. The molecule has 1 aliphatic carbocycles. The number of nitrogens with zero attached hydrogens (tertiary/aromatic N) is 1. The zero-order valence-electron chi connectivity index (χ0n) is 13.4. The first-order valence-corrected chi connectivity index (χ1v) is 9.32. The van der Waals surface area contributed by atoms with Crippen molar-refractivity contribution in [3.63, 3.8) is 0 Å². The molecule has 3 rings (SSSR count). The molecular weight excluding hydrogens is 335 g/mol. The summed E-state index contributed by atoms with van der Waals surface area (Å²) in [6.07, 6.45) is -0.514. The Kier molecular flexibility index (Phi) is 4.99. The van der Waals surface area contributed by atoms with E-state index in [4.69, 9.17) is 5.73 Å². The maximum absolute atomic E-state index is 12.7. The molecule has 0 bridgehead atoms. The van der Waals surface area contributed by atoms with E-state index in [0.717, 1.165) is 18.7 Å². The number of aliphatic imine (C=N–C) groups is 1. The minimum absolute atomic E-state index is 0.148. The van der Waals surface area contributed by atoms with Crippen molar-refractivity contribution in [2.24, 2.45) is 22.1 Å². The molecule has 1 heterocycles. The van der Waals surface area contributed by atoms with Crippen LogP contribution in [0.2, 0.25) is 0 Å². The third kappa shape index (κ3) is 4.18. The van der Waals surface area contributed by atoms with E-state index in [1.54, 1.807) is 6.07 Å². The molecule has 132 valence electrons. The lowest BCUT2D eigenvalue weighted by molar-refractivity contribution is -0.137. The maximum Gasteiger partial charge on any atom is 0.416 e. The first kappa shape index (κ1) is 17.5. The average molecular weight is 357 g/mol. The summed E-state index contributed by atoms with van der Waals surface area (Å²) in [5, 5.41) is 3.13. The first-order chi connectivity index (χ1) is 11.4. The second-order valence-corrected chi connectivity index (χ2v) is 7.88. The topological polar surface area (TPSA) is 50.4 Å². The van der Waals surface area contributed by atoms with Crippen LogP contribution in [0.3, 0.4) is 0 Å². The van der Waals surface area contributed by atoms with Crippen molar-refractivity contribution < 1.29 is 13.2 Å². The smallest absolute Gasteiger partial charge is 0.370 e. The molecule has 1 aliphatic heterocycles. The number of benzene rings is 1. The summed E-state index contributed by atoms with van der Waals surface area (Å²) < 4.78 is 38.0. The molecule has 2 fully saturated rings. The zero-order chi connectivity index (χ0) is 17.2. The van der Waals surface area contributed by atoms with Gasteiger partial charge in [-0.2, -0.15) is 24.9 Å². The van der Waals surface area contributed by atoms with Gasteiger partial charge in [0.05, 0.1) is 12.1 Å². The number of thioether (sulfide) groups is 1. The van der Waals surface area contributed by atoms with Crippen molar-refractivity contribution in [3.05, 3.63) is 35.4 Å². The minimum atomic E-state index is -4.33. The monoisotopic (exact) mass is 357 g/mol. The summed E-state index contributed by atoms with van der Waals surface area (Å²) in [6.45, 7) is 0.956. The van der Waals surface area contributed by atoms with Crippen LogP contribution in [0.4, 0.5) is 13.2 Å². The van der Waals surface area contributed by atoms with E-state index in [2.05, 4.69) is 10.3 Å². The van der Waals surface area contributed by atoms with Crippen LogP contribution in [0.5, 0.6) is 0 Å². The normalized spacial score (nSPS) is 23.3. The van der Waals surface area contributed by atoms with Gasteiger partial charge >= 0.3 is 6.18 Å². The predicted octanol–water partition coefficient (Wildman–Crippen LogP) is 3.64. The van der Waals surface area contributed by atoms with E-state index >= 15 is 0 Å². The van der Waals surface area contributed by atoms with E-state index in [1.807, 2.05) is 11.8 Å². The van der Waals surface area contributed by atoms with Gasteiger partial charge in [0.15, 0.2) is 5.96 Å². The Hall–Kier alpha value is -1.37. The number of hydrogen-bond acceptors (Lipinski definition) is 2. The fourth-order valence-corrected chi connectivity index (χ4v) is 4.72. The van der Waals surface area contributed by atoms with Crippen molar-refractivity contribution in [1.29, 1.82) is 0 Å². The van der Waals surface area contributed by atoms with Crippen molar-refractivity contribution in [1.82, 2.24) is 5.32 Å². The van der Waals surface area contributed by atoms with E-state index in [0.29, 0.717) is 22.9 Å². The van der Waals surface area contributed by atoms with E-state index < -0.39 is 11.7 Å². The quantitative estimate of drug-likeness (QED) is 0.639. The Labute approximate surface area is 144 Å². The molecule has 0 radical (unpaired) electrons. The lowest BCUT2D eigenvalue weighted by Gasteiger charge is -2.22. The van der Waals surface area contributed by atoms with Gasteiger partial charge in [-0.05, 0) is 59.8 Å². The van der Waals surface area contributed by atoms with Crippen LogP contribution in [0.25, 0.3) is 0 Å². The number of rotatable bonds is 4. The molecular formula is C17H22F3N3S. The van der Waals surface area contributed by atoms with Crippen LogP contribution in [0.15, 0.2) is 29.3 Å². The van der Waals surface area contributed by atoms with Crippen LogP contribution < -0.4 is 11.1 Å². The van der Waals surface area contributed by atoms with Gasteiger partial charge in [-0.1, -0.05) is 12.1 Å². The zero-order valence-corrected chi connectivity index (χ0v) is 14.2. The van der Waals surface area contributed by atoms with Gasteiger partial charge in [-0.3, -0.25) is 0 Å². The summed E-state index contributed by atoms with van der Waals surface area (Å²) in [7, 11) is 0. The van der Waals surface area contributed by atoms with Gasteiger partial charge in [0, 0.05) is 6.54 Å². The van der Waals surface area contributed by atoms with Crippen LogP contribution >= 0.6 is 11.8 Å². The highest BCUT2D eigenvalue weighted by atomic mass is 32.2. The fourth-order valence-electron chi connectivity index (χ4n) is 3.42. The molecule has 1 aromatic carbocycles. The predicted molar refractivity (Wildman–Crippen MR) is 91.9 cm³/mol.